The van der Waals surface area contributed by atoms with Gasteiger partial charge in [-0.25, -0.2) is 0 Å². The molecule has 2 rings (SSSR count). The summed E-state index contributed by atoms with van der Waals surface area (Å²) in [6.07, 6.45) is 5.23. The van der Waals surface area contributed by atoms with Gasteiger partial charge >= 0.3 is 0 Å². The predicted octanol–water partition coefficient (Wildman–Crippen LogP) is 1.14. The second-order valence-corrected chi connectivity index (χ2v) is 3.87. The van der Waals surface area contributed by atoms with Gasteiger partial charge < -0.3 is 9.84 Å². The third-order valence-corrected chi connectivity index (χ3v) is 2.20. The third kappa shape index (κ3) is 2.66. The van der Waals surface area contributed by atoms with Crippen molar-refractivity contribution in [2.75, 3.05) is 0 Å². The van der Waals surface area contributed by atoms with Crippen LogP contribution in [0.2, 0.25) is 0 Å². The van der Waals surface area contributed by atoms with Crippen LogP contribution >= 0.6 is 0 Å². The molecule has 0 aliphatic heterocycles. The van der Waals surface area contributed by atoms with Crippen LogP contribution in [-0.4, -0.2) is 19.9 Å². The van der Waals surface area contributed by atoms with E-state index in [0.717, 1.165) is 12.1 Å². The van der Waals surface area contributed by atoms with Gasteiger partial charge in [0.25, 0.3) is 0 Å². The Labute approximate surface area is 93.7 Å². The molecule has 0 fully saturated rings. The molecule has 0 bridgehead atoms. The van der Waals surface area contributed by atoms with Crippen LogP contribution in [0.5, 0.6) is 0 Å². The molecule has 0 aliphatic rings. The molecule has 0 atom stereocenters. The van der Waals surface area contributed by atoms with Crippen LogP contribution in [0.15, 0.2) is 23.3 Å². The molecule has 1 N–H and O–H groups in total. The fraction of sp³-hybridized carbons (Fsp3) is 0.500. The highest BCUT2D eigenvalue weighted by Gasteiger charge is 2.02. The van der Waals surface area contributed by atoms with E-state index in [1.165, 1.54) is 6.39 Å². The topological polar surface area (TPSA) is 68.8 Å². The summed E-state index contributed by atoms with van der Waals surface area (Å²) in [7, 11) is 0. The van der Waals surface area contributed by atoms with Crippen molar-refractivity contribution >= 4 is 0 Å². The molecule has 0 saturated heterocycles. The van der Waals surface area contributed by atoms with Crippen molar-refractivity contribution < 1.29 is 4.52 Å². The summed E-state index contributed by atoms with van der Waals surface area (Å²) in [5.74, 6) is 0.663. The van der Waals surface area contributed by atoms with E-state index in [9.17, 15) is 0 Å². The highest BCUT2D eigenvalue weighted by atomic mass is 16.5. The maximum Gasteiger partial charge on any atom is 0.213 e. The molecule has 2 heterocycles. The van der Waals surface area contributed by atoms with Crippen LogP contribution in [0.25, 0.3) is 0 Å². The van der Waals surface area contributed by atoms with E-state index < -0.39 is 0 Å². The Morgan fingerprint density at radius 1 is 1.44 bits per heavy atom. The van der Waals surface area contributed by atoms with E-state index in [4.69, 9.17) is 0 Å². The van der Waals surface area contributed by atoms with Crippen LogP contribution in [0.4, 0.5) is 0 Å². The molecule has 0 spiro atoms. The van der Waals surface area contributed by atoms with Crippen molar-refractivity contribution in [1.82, 2.24) is 25.2 Å². The summed E-state index contributed by atoms with van der Waals surface area (Å²) >= 11 is 0. The van der Waals surface area contributed by atoms with Crippen LogP contribution in [0.3, 0.4) is 0 Å². The predicted molar refractivity (Wildman–Crippen MR) is 57.5 cm³/mol. The van der Waals surface area contributed by atoms with Gasteiger partial charge in [0.1, 0.15) is 0 Å². The minimum Gasteiger partial charge on any atom is -0.343 e. The molecule has 0 aromatic carbocycles. The summed E-state index contributed by atoms with van der Waals surface area (Å²) < 4.78 is 6.57. The van der Waals surface area contributed by atoms with E-state index in [2.05, 4.69) is 38.9 Å². The summed E-state index contributed by atoms with van der Waals surface area (Å²) in [4.78, 5) is 3.92. The Morgan fingerprint density at radius 3 is 2.94 bits per heavy atom. The number of nitrogens with zero attached hydrogens (tertiary/aromatic N) is 4. The molecule has 0 saturated carbocycles. The smallest absolute Gasteiger partial charge is 0.213 e. The van der Waals surface area contributed by atoms with Crippen molar-refractivity contribution in [3.05, 3.63) is 30.2 Å². The molecule has 2 aromatic rings. The first-order valence-corrected chi connectivity index (χ1v) is 5.24. The van der Waals surface area contributed by atoms with Gasteiger partial charge in [0.05, 0.1) is 12.7 Å². The van der Waals surface area contributed by atoms with Crippen LogP contribution < -0.4 is 5.32 Å². The summed E-state index contributed by atoms with van der Waals surface area (Å²) in [6.45, 7) is 5.55. The second kappa shape index (κ2) is 4.89. The van der Waals surface area contributed by atoms with Gasteiger partial charge in [0.2, 0.25) is 6.39 Å². The number of hydrogen-bond donors (Lipinski definition) is 1. The molecule has 6 heteroatoms. The van der Waals surface area contributed by atoms with Gasteiger partial charge in [-0.05, 0) is 13.8 Å². The maximum absolute atomic E-state index is 4.64. The molecule has 0 amide bonds. The SMILES string of the molecule is CC(C)n1cc(CNCc2ncon2)cn1. The number of rotatable bonds is 5. The van der Waals surface area contributed by atoms with E-state index in [1.54, 1.807) is 0 Å². The Kier molecular flexibility index (Phi) is 3.31. The lowest BCUT2D eigenvalue weighted by atomic mass is 10.3. The zero-order valence-corrected chi connectivity index (χ0v) is 9.42. The van der Waals surface area contributed by atoms with E-state index in [-0.39, 0.29) is 0 Å². The largest absolute Gasteiger partial charge is 0.343 e. The fourth-order valence-corrected chi connectivity index (χ4v) is 1.34. The fourth-order valence-electron chi connectivity index (χ4n) is 1.34. The van der Waals surface area contributed by atoms with Gasteiger partial charge in [-0.15, -0.1) is 0 Å². The summed E-state index contributed by atoms with van der Waals surface area (Å²) in [6, 6.07) is 0.394. The molecule has 0 unspecified atom stereocenters. The van der Waals surface area contributed by atoms with Gasteiger partial charge in [0, 0.05) is 24.3 Å². The zero-order chi connectivity index (χ0) is 11.4. The second-order valence-electron chi connectivity index (χ2n) is 3.87. The highest BCUT2D eigenvalue weighted by molar-refractivity contribution is 5.03. The Bertz CT molecular complexity index is 420. The van der Waals surface area contributed by atoms with Crippen molar-refractivity contribution in [3.63, 3.8) is 0 Å². The molecular formula is C10H15N5O. The normalized spacial score (nSPS) is 11.2. The monoisotopic (exact) mass is 221 g/mol. The molecule has 6 nitrogen and oxygen atoms in total. The third-order valence-electron chi connectivity index (χ3n) is 2.20. The first-order valence-electron chi connectivity index (χ1n) is 5.24. The van der Waals surface area contributed by atoms with E-state index in [1.807, 2.05) is 17.1 Å². The average Bonchev–Trinajstić information content (AvgIpc) is 2.87. The first-order chi connectivity index (χ1) is 7.75. The Morgan fingerprint density at radius 2 is 2.31 bits per heavy atom. The minimum atomic E-state index is 0.394. The Hall–Kier alpha value is -1.69. The lowest BCUT2D eigenvalue weighted by Crippen LogP contribution is -2.13. The van der Waals surface area contributed by atoms with Gasteiger partial charge in [-0.1, -0.05) is 5.16 Å². The summed E-state index contributed by atoms with van der Waals surface area (Å²) in [5.41, 5.74) is 1.15. The molecular weight excluding hydrogens is 206 g/mol. The van der Waals surface area contributed by atoms with Crippen LogP contribution in [-0.2, 0) is 13.1 Å². The quantitative estimate of drug-likeness (QED) is 0.819. The van der Waals surface area contributed by atoms with E-state index >= 15 is 0 Å². The molecule has 2 aromatic heterocycles. The standard InChI is InChI=1S/C10H15N5O/c1-8(2)15-6-9(4-13-15)3-11-5-10-12-7-16-14-10/h4,6-8,11H,3,5H2,1-2H3. The first kappa shape index (κ1) is 10.8. The maximum atomic E-state index is 4.64. The molecule has 0 radical (unpaired) electrons. The molecule has 16 heavy (non-hydrogen) atoms. The number of hydrogen-bond acceptors (Lipinski definition) is 5. The van der Waals surface area contributed by atoms with Crippen molar-refractivity contribution in [2.45, 2.75) is 33.0 Å². The Balaban J connectivity index is 1.81. The highest BCUT2D eigenvalue weighted by Crippen LogP contribution is 2.04. The lowest BCUT2D eigenvalue weighted by molar-refractivity contribution is 0.407. The molecule has 86 valence electrons. The van der Waals surface area contributed by atoms with Crippen LogP contribution in [0, 0.1) is 0 Å². The van der Waals surface area contributed by atoms with Crippen molar-refractivity contribution in [1.29, 1.82) is 0 Å². The molecule has 0 aliphatic carbocycles. The van der Waals surface area contributed by atoms with Crippen molar-refractivity contribution in [2.24, 2.45) is 0 Å². The lowest BCUT2D eigenvalue weighted by Gasteiger charge is -2.03. The van der Waals surface area contributed by atoms with Gasteiger partial charge in [-0.2, -0.15) is 10.1 Å². The minimum absolute atomic E-state index is 0.394. The van der Waals surface area contributed by atoms with E-state index in [0.29, 0.717) is 18.4 Å². The summed E-state index contributed by atoms with van der Waals surface area (Å²) in [5, 5.41) is 11.2. The van der Waals surface area contributed by atoms with Crippen molar-refractivity contribution in [3.8, 4) is 0 Å². The number of aromatic nitrogens is 4. The average molecular weight is 221 g/mol. The zero-order valence-electron chi connectivity index (χ0n) is 9.42. The van der Waals surface area contributed by atoms with Gasteiger partial charge in [-0.3, -0.25) is 4.68 Å². The van der Waals surface area contributed by atoms with Gasteiger partial charge in [0.15, 0.2) is 5.82 Å². The van der Waals surface area contributed by atoms with Crippen LogP contribution in [0.1, 0.15) is 31.3 Å². The number of nitrogens with one attached hydrogen (secondary N) is 1.